The first-order valence-corrected chi connectivity index (χ1v) is 24.8. The van der Waals surface area contributed by atoms with Gasteiger partial charge < -0.3 is 9.13 Å². The molecule has 13 aromatic rings. The summed E-state index contributed by atoms with van der Waals surface area (Å²) < 4.78 is 4.88. The van der Waals surface area contributed by atoms with Gasteiger partial charge in [0.1, 0.15) is 0 Å². The van der Waals surface area contributed by atoms with E-state index < -0.39 is 0 Å². The van der Waals surface area contributed by atoms with Gasteiger partial charge in [-0.3, -0.25) is 0 Å². The highest BCUT2D eigenvalue weighted by Gasteiger charge is 2.21. The number of hydrogen-bond acceptors (Lipinski definition) is 2. The van der Waals surface area contributed by atoms with E-state index in [1.165, 1.54) is 77.1 Å². The SMILES string of the molecule is Cc1cc(C)cc(-c2ccc3c(c2)c2cc(-c4cc(C)cc(C)c4)ccc2n3-c2ccc(-c3nc(-c4ccccc4)cc(-c4ccccc4)n3)cc2-c2cccc(-n3c4ccccc4c4ccccc43)c2)c1. The predicted molar refractivity (Wildman–Crippen MR) is 302 cm³/mol. The van der Waals surface area contributed by atoms with Gasteiger partial charge in [0, 0.05) is 49.5 Å². The molecule has 72 heavy (non-hydrogen) atoms. The minimum absolute atomic E-state index is 0.667. The Hall–Kier alpha value is -9.12. The van der Waals surface area contributed by atoms with Crippen molar-refractivity contribution in [2.24, 2.45) is 0 Å². The molecule has 13 rings (SSSR count). The molecule has 4 heteroatoms. The van der Waals surface area contributed by atoms with E-state index in [-0.39, 0.29) is 0 Å². The predicted octanol–water partition coefficient (Wildman–Crippen LogP) is 17.9. The molecule has 0 saturated heterocycles. The van der Waals surface area contributed by atoms with Gasteiger partial charge in [0.2, 0.25) is 0 Å². The molecule has 3 aromatic heterocycles. The molecule has 0 saturated carbocycles. The third-order valence-corrected chi connectivity index (χ3v) is 14.2. The van der Waals surface area contributed by atoms with Crippen LogP contribution in [-0.2, 0) is 0 Å². The van der Waals surface area contributed by atoms with Crippen molar-refractivity contribution in [1.29, 1.82) is 0 Å². The fraction of sp³-hybridized carbons (Fsp3) is 0.0588. The lowest BCUT2D eigenvalue weighted by Crippen LogP contribution is -2.01. The lowest BCUT2D eigenvalue weighted by Gasteiger charge is -2.18. The van der Waals surface area contributed by atoms with Crippen molar-refractivity contribution in [3.05, 3.63) is 253 Å². The summed E-state index contributed by atoms with van der Waals surface area (Å²) in [5.41, 5.74) is 23.6. The fourth-order valence-electron chi connectivity index (χ4n) is 11.1. The minimum Gasteiger partial charge on any atom is -0.309 e. The summed E-state index contributed by atoms with van der Waals surface area (Å²) >= 11 is 0. The highest BCUT2D eigenvalue weighted by molar-refractivity contribution is 6.13. The van der Waals surface area contributed by atoms with Gasteiger partial charge in [-0.25, -0.2) is 9.97 Å². The molecule has 0 bridgehead atoms. The molecule has 0 fully saturated rings. The van der Waals surface area contributed by atoms with E-state index in [1.54, 1.807) is 0 Å². The summed E-state index contributed by atoms with van der Waals surface area (Å²) in [6, 6.07) is 84.0. The van der Waals surface area contributed by atoms with E-state index in [9.17, 15) is 0 Å². The van der Waals surface area contributed by atoms with Crippen LogP contribution >= 0.6 is 0 Å². The number of aryl methyl sites for hydroxylation is 4. The average molecular weight is 923 g/mol. The van der Waals surface area contributed by atoms with Crippen molar-refractivity contribution in [2.75, 3.05) is 0 Å². The van der Waals surface area contributed by atoms with Crippen LogP contribution in [0.3, 0.4) is 0 Å². The van der Waals surface area contributed by atoms with Crippen LogP contribution < -0.4 is 0 Å². The zero-order valence-electron chi connectivity index (χ0n) is 40.7. The van der Waals surface area contributed by atoms with Crippen LogP contribution in [0, 0.1) is 27.7 Å². The lowest BCUT2D eigenvalue weighted by molar-refractivity contribution is 1.16. The Labute approximate surface area is 419 Å². The van der Waals surface area contributed by atoms with Crippen LogP contribution in [0.1, 0.15) is 22.3 Å². The maximum atomic E-state index is 5.33. The fourth-order valence-corrected chi connectivity index (χ4v) is 11.1. The third kappa shape index (κ3) is 7.56. The highest BCUT2D eigenvalue weighted by atomic mass is 15.0. The summed E-state index contributed by atoms with van der Waals surface area (Å²) in [5.74, 6) is 0.667. The van der Waals surface area contributed by atoms with Crippen LogP contribution in [0.15, 0.2) is 231 Å². The summed E-state index contributed by atoms with van der Waals surface area (Å²) in [5, 5.41) is 4.87. The van der Waals surface area contributed by atoms with Crippen molar-refractivity contribution in [3.63, 3.8) is 0 Å². The maximum Gasteiger partial charge on any atom is 0.160 e. The summed E-state index contributed by atoms with van der Waals surface area (Å²) in [4.78, 5) is 10.7. The average Bonchev–Trinajstić information content (AvgIpc) is 3.93. The number of para-hydroxylation sites is 2. The van der Waals surface area contributed by atoms with Gasteiger partial charge in [0.05, 0.1) is 39.1 Å². The maximum absolute atomic E-state index is 5.33. The van der Waals surface area contributed by atoms with Crippen molar-refractivity contribution in [1.82, 2.24) is 19.1 Å². The highest BCUT2D eigenvalue weighted by Crippen LogP contribution is 2.42. The van der Waals surface area contributed by atoms with Gasteiger partial charge in [0.25, 0.3) is 0 Å². The molecular weight excluding hydrogens is 873 g/mol. The van der Waals surface area contributed by atoms with Crippen LogP contribution in [0.4, 0.5) is 0 Å². The number of hydrogen-bond donors (Lipinski definition) is 0. The van der Waals surface area contributed by atoms with Crippen LogP contribution in [0.2, 0.25) is 0 Å². The molecule has 0 unspecified atom stereocenters. The van der Waals surface area contributed by atoms with E-state index in [2.05, 4.69) is 255 Å². The van der Waals surface area contributed by atoms with Gasteiger partial charge in [-0.15, -0.1) is 0 Å². The number of rotatable bonds is 8. The molecule has 0 amide bonds. The Morgan fingerprint density at radius 2 is 0.736 bits per heavy atom. The normalized spacial score (nSPS) is 11.6. The first-order valence-electron chi connectivity index (χ1n) is 24.8. The second-order valence-corrected chi connectivity index (χ2v) is 19.4. The molecule has 0 N–H and O–H groups in total. The number of nitrogens with zero attached hydrogens (tertiary/aromatic N) is 4. The molecule has 0 spiro atoms. The first kappa shape index (κ1) is 42.9. The standard InChI is InChI=1S/C68H50N4/c1-43-32-44(2)35-53(34-43)49-26-29-66-59(39-49)60-40-50(54-36-45(3)33-46(4)37-54)27-30-67(60)72(66)65-31-28-52(68-69-61(47-16-7-5-8-17-47)42-62(70-68)48-18-9-6-10-19-48)41-58(65)51-20-15-21-55(38-51)71-63-24-13-11-22-56(63)57-23-12-14-25-64(57)71/h5-42H,1-4H3. The summed E-state index contributed by atoms with van der Waals surface area (Å²) in [6.07, 6.45) is 0. The molecule has 342 valence electrons. The number of benzene rings is 10. The van der Waals surface area contributed by atoms with E-state index in [1.807, 2.05) is 12.1 Å². The summed E-state index contributed by atoms with van der Waals surface area (Å²) in [6.45, 7) is 8.74. The molecule has 0 aliphatic rings. The van der Waals surface area contributed by atoms with E-state index in [4.69, 9.17) is 9.97 Å². The van der Waals surface area contributed by atoms with Crippen molar-refractivity contribution < 1.29 is 0 Å². The number of aromatic nitrogens is 4. The van der Waals surface area contributed by atoms with Crippen LogP contribution in [0.5, 0.6) is 0 Å². The molecule has 0 aliphatic carbocycles. The Morgan fingerprint density at radius 1 is 0.278 bits per heavy atom. The molecule has 3 heterocycles. The first-order chi connectivity index (χ1) is 35.3. The topological polar surface area (TPSA) is 35.6 Å². The Kier molecular flexibility index (Phi) is 10.4. The molecule has 0 aliphatic heterocycles. The van der Waals surface area contributed by atoms with Crippen molar-refractivity contribution >= 4 is 43.6 Å². The molecule has 4 nitrogen and oxygen atoms in total. The third-order valence-electron chi connectivity index (χ3n) is 14.2. The lowest BCUT2D eigenvalue weighted by atomic mass is 9.97. The minimum atomic E-state index is 0.667. The van der Waals surface area contributed by atoms with Gasteiger partial charge in [-0.2, -0.15) is 0 Å². The zero-order valence-corrected chi connectivity index (χ0v) is 40.7. The molecular formula is C68H50N4. The molecule has 0 atom stereocenters. The van der Waals surface area contributed by atoms with Gasteiger partial charge >= 0.3 is 0 Å². The van der Waals surface area contributed by atoms with Crippen molar-refractivity contribution in [2.45, 2.75) is 27.7 Å². The Balaban J connectivity index is 1.08. The van der Waals surface area contributed by atoms with Gasteiger partial charge in [0.15, 0.2) is 5.82 Å². The van der Waals surface area contributed by atoms with E-state index in [0.717, 1.165) is 61.6 Å². The Morgan fingerprint density at radius 3 is 1.26 bits per heavy atom. The van der Waals surface area contributed by atoms with Crippen LogP contribution in [0.25, 0.3) is 122 Å². The molecule has 10 aromatic carbocycles. The largest absolute Gasteiger partial charge is 0.309 e. The smallest absolute Gasteiger partial charge is 0.160 e. The Bertz CT molecular complexity index is 3990. The van der Waals surface area contributed by atoms with E-state index in [0.29, 0.717) is 5.82 Å². The quantitative estimate of drug-likeness (QED) is 0.152. The second kappa shape index (κ2) is 17.4. The van der Waals surface area contributed by atoms with E-state index >= 15 is 0 Å². The summed E-state index contributed by atoms with van der Waals surface area (Å²) in [7, 11) is 0. The second-order valence-electron chi connectivity index (χ2n) is 19.4. The zero-order chi connectivity index (χ0) is 48.5. The molecule has 0 radical (unpaired) electrons. The number of fused-ring (bicyclic) bond motifs is 6. The van der Waals surface area contributed by atoms with Gasteiger partial charge in [-0.1, -0.05) is 180 Å². The van der Waals surface area contributed by atoms with Gasteiger partial charge in [-0.05, 0) is 128 Å². The van der Waals surface area contributed by atoms with Crippen LogP contribution in [-0.4, -0.2) is 19.1 Å². The van der Waals surface area contributed by atoms with Crippen molar-refractivity contribution in [3.8, 4) is 78.7 Å². The monoisotopic (exact) mass is 922 g/mol.